The van der Waals surface area contributed by atoms with Crippen molar-refractivity contribution >= 4 is 17.5 Å². The minimum atomic E-state index is -4.65. The van der Waals surface area contributed by atoms with Crippen LogP contribution in [0, 0.1) is 11.7 Å². The molecule has 3 fully saturated rings. The maximum absolute atomic E-state index is 13.9. The zero-order valence-electron chi connectivity index (χ0n) is 19.3. The van der Waals surface area contributed by atoms with E-state index >= 15 is 0 Å². The highest BCUT2D eigenvalue weighted by atomic mass is 35.5. The molecular weight excluding hydrogens is 506 g/mol. The number of carbonyl (C=O) groups is 1. The fourth-order valence-corrected chi connectivity index (χ4v) is 5.49. The summed E-state index contributed by atoms with van der Waals surface area (Å²) in [5.74, 6) is -0.608. The van der Waals surface area contributed by atoms with Gasteiger partial charge in [-0.3, -0.25) is 9.53 Å². The smallest absolute Gasteiger partial charge is 0.370 e. The Balaban J connectivity index is 1.14. The Morgan fingerprint density at radius 3 is 2.83 bits per heavy atom. The largest absolute Gasteiger partial charge is 0.522 e. The van der Waals surface area contributed by atoms with Crippen LogP contribution in [-0.2, 0) is 24.6 Å². The number of halogens is 5. The second-order valence-electron chi connectivity index (χ2n) is 9.67. The molecule has 1 N–H and O–H groups in total. The quantitative estimate of drug-likeness (QED) is 0.527. The second kappa shape index (κ2) is 9.92. The molecule has 1 aromatic heterocycles. The molecule has 2 saturated carbocycles. The molecular formula is C24H26ClF4N3O4. The maximum Gasteiger partial charge on any atom is 0.522 e. The zero-order valence-corrected chi connectivity index (χ0v) is 20.0. The van der Waals surface area contributed by atoms with Crippen LogP contribution in [0.4, 0.5) is 17.6 Å². The van der Waals surface area contributed by atoms with Gasteiger partial charge in [0.15, 0.2) is 0 Å². The SMILES string of the molecule is O=C(CO[C@H]1C[C@@H](OC(F)(F)F)C1)NC1CCC2(c3cnn(-c4ccc(Cl)c(F)c4)c3)CC1CCO2. The Labute approximate surface area is 210 Å². The Hall–Kier alpha value is -2.21. The van der Waals surface area contributed by atoms with Gasteiger partial charge >= 0.3 is 6.36 Å². The number of amides is 1. The van der Waals surface area contributed by atoms with E-state index in [-0.39, 0.29) is 42.3 Å². The van der Waals surface area contributed by atoms with E-state index in [1.54, 1.807) is 16.9 Å². The van der Waals surface area contributed by atoms with E-state index in [4.69, 9.17) is 21.1 Å². The Bertz CT molecular complexity index is 1110. The topological polar surface area (TPSA) is 74.6 Å². The third-order valence-corrected chi connectivity index (χ3v) is 7.62. The number of fused-ring (bicyclic) bond motifs is 2. The lowest BCUT2D eigenvalue weighted by Crippen LogP contribution is -2.52. The molecule has 196 valence electrons. The summed E-state index contributed by atoms with van der Waals surface area (Å²) in [4.78, 5) is 12.5. The molecule has 2 aliphatic carbocycles. The van der Waals surface area contributed by atoms with E-state index in [1.165, 1.54) is 12.1 Å². The molecule has 0 spiro atoms. The number of hydrogen-bond donors (Lipinski definition) is 1. The summed E-state index contributed by atoms with van der Waals surface area (Å²) >= 11 is 5.78. The fourth-order valence-electron chi connectivity index (χ4n) is 5.38. The first-order valence-corrected chi connectivity index (χ1v) is 12.3. The average Bonchev–Trinajstić information content (AvgIpc) is 3.30. The van der Waals surface area contributed by atoms with Crippen LogP contribution in [0.2, 0.25) is 5.02 Å². The molecule has 2 bridgehead atoms. The number of hydrogen-bond acceptors (Lipinski definition) is 5. The molecule has 3 unspecified atom stereocenters. The van der Waals surface area contributed by atoms with Gasteiger partial charge in [-0.1, -0.05) is 11.6 Å². The summed E-state index contributed by atoms with van der Waals surface area (Å²) in [5, 5.41) is 7.47. The summed E-state index contributed by atoms with van der Waals surface area (Å²) in [6.07, 6.45) is 0.718. The molecule has 1 aromatic carbocycles. The van der Waals surface area contributed by atoms with E-state index in [0.717, 1.165) is 12.0 Å². The molecule has 2 heterocycles. The number of alkyl halides is 3. The molecule has 0 radical (unpaired) electrons. The minimum Gasteiger partial charge on any atom is -0.370 e. The molecule has 36 heavy (non-hydrogen) atoms. The predicted octanol–water partition coefficient (Wildman–Crippen LogP) is 4.65. The number of nitrogens with zero attached hydrogens (tertiary/aromatic N) is 2. The molecule has 1 saturated heterocycles. The van der Waals surface area contributed by atoms with Gasteiger partial charge in [0.1, 0.15) is 12.4 Å². The predicted molar refractivity (Wildman–Crippen MR) is 120 cm³/mol. The number of rotatable bonds is 7. The Kier molecular flexibility index (Phi) is 7.01. The minimum absolute atomic E-state index is 0.0405. The molecule has 2 aromatic rings. The van der Waals surface area contributed by atoms with Crippen LogP contribution in [0.15, 0.2) is 30.6 Å². The van der Waals surface area contributed by atoms with E-state index < -0.39 is 30.0 Å². The van der Waals surface area contributed by atoms with Crippen molar-refractivity contribution in [1.29, 1.82) is 0 Å². The normalized spacial score (nSPS) is 30.0. The number of aromatic nitrogens is 2. The number of carbonyl (C=O) groups excluding carboxylic acids is 1. The van der Waals surface area contributed by atoms with Gasteiger partial charge in [0.25, 0.3) is 0 Å². The highest BCUT2D eigenvalue weighted by Gasteiger charge is 2.47. The van der Waals surface area contributed by atoms with Crippen LogP contribution in [0.5, 0.6) is 0 Å². The van der Waals surface area contributed by atoms with E-state index in [1.807, 2.05) is 6.20 Å². The molecule has 1 amide bonds. The van der Waals surface area contributed by atoms with E-state index in [9.17, 15) is 22.4 Å². The van der Waals surface area contributed by atoms with Gasteiger partial charge in [-0.2, -0.15) is 5.10 Å². The van der Waals surface area contributed by atoms with Crippen molar-refractivity contribution in [2.75, 3.05) is 13.2 Å². The lowest BCUT2D eigenvalue weighted by molar-refractivity contribution is -0.357. The van der Waals surface area contributed by atoms with Crippen molar-refractivity contribution < 1.29 is 36.6 Å². The fraction of sp³-hybridized carbons (Fsp3) is 0.583. The molecule has 12 heteroatoms. The van der Waals surface area contributed by atoms with Crippen molar-refractivity contribution in [3.05, 3.63) is 47.0 Å². The average molecular weight is 532 g/mol. The van der Waals surface area contributed by atoms with Gasteiger partial charge in [-0.25, -0.2) is 9.07 Å². The van der Waals surface area contributed by atoms with Crippen molar-refractivity contribution in [1.82, 2.24) is 15.1 Å². The lowest BCUT2D eigenvalue weighted by Gasteiger charge is -2.48. The number of nitrogens with one attached hydrogen (secondary N) is 1. The maximum atomic E-state index is 13.9. The van der Waals surface area contributed by atoms with Crippen LogP contribution in [0.3, 0.4) is 0 Å². The van der Waals surface area contributed by atoms with Crippen molar-refractivity contribution in [3.63, 3.8) is 0 Å². The first-order chi connectivity index (χ1) is 17.1. The third-order valence-electron chi connectivity index (χ3n) is 7.31. The molecule has 1 aliphatic heterocycles. The Morgan fingerprint density at radius 1 is 1.28 bits per heavy atom. The summed E-state index contributed by atoms with van der Waals surface area (Å²) in [6.45, 7) is 0.343. The van der Waals surface area contributed by atoms with Gasteiger partial charge in [0, 0.05) is 43.3 Å². The van der Waals surface area contributed by atoms with E-state index in [0.29, 0.717) is 31.6 Å². The summed E-state index contributed by atoms with van der Waals surface area (Å²) in [7, 11) is 0. The van der Waals surface area contributed by atoms with Gasteiger partial charge in [0.2, 0.25) is 5.91 Å². The number of ether oxygens (including phenoxy) is 3. The van der Waals surface area contributed by atoms with Crippen molar-refractivity contribution in [2.24, 2.45) is 5.92 Å². The second-order valence-corrected chi connectivity index (χ2v) is 10.1. The van der Waals surface area contributed by atoms with Gasteiger partial charge in [0.05, 0.1) is 34.7 Å². The van der Waals surface area contributed by atoms with Crippen molar-refractivity contribution in [2.45, 2.75) is 68.7 Å². The summed E-state index contributed by atoms with van der Waals surface area (Å²) in [5.41, 5.74) is 0.926. The van der Waals surface area contributed by atoms with Crippen LogP contribution >= 0.6 is 11.6 Å². The lowest BCUT2D eigenvalue weighted by atomic mass is 9.70. The first-order valence-electron chi connectivity index (χ1n) is 11.9. The summed E-state index contributed by atoms with van der Waals surface area (Å²) in [6, 6.07) is 4.45. The molecule has 3 aliphatic rings. The van der Waals surface area contributed by atoms with E-state index in [2.05, 4.69) is 15.2 Å². The highest BCUT2D eigenvalue weighted by molar-refractivity contribution is 6.30. The molecule has 3 atom stereocenters. The van der Waals surface area contributed by atoms with Gasteiger partial charge in [-0.15, -0.1) is 13.2 Å². The number of benzene rings is 1. The summed E-state index contributed by atoms with van der Waals surface area (Å²) < 4.78 is 67.7. The standard InChI is InChI=1S/C24H26ClF4N3O4/c25-19-2-1-16(7-20(19)26)32-12-15(11-30-32)23-5-3-21(14(10-23)4-6-35-23)31-22(33)13-34-17-8-18(9-17)36-24(27,28)29/h1-2,7,11-12,14,17-18,21H,3-6,8-10,13H2,(H,31,33)/t14?,17-,18+,21?,23?. The first kappa shape index (κ1) is 25.4. The van der Waals surface area contributed by atoms with Gasteiger partial charge < -0.3 is 14.8 Å². The van der Waals surface area contributed by atoms with Crippen LogP contribution < -0.4 is 5.32 Å². The third kappa shape index (κ3) is 5.53. The highest BCUT2D eigenvalue weighted by Crippen LogP contribution is 2.47. The van der Waals surface area contributed by atoms with Crippen LogP contribution in [0.1, 0.15) is 44.1 Å². The zero-order chi connectivity index (χ0) is 25.5. The van der Waals surface area contributed by atoms with Crippen LogP contribution in [0.25, 0.3) is 5.69 Å². The molecule has 7 nitrogen and oxygen atoms in total. The van der Waals surface area contributed by atoms with Crippen LogP contribution in [-0.4, -0.2) is 53.5 Å². The van der Waals surface area contributed by atoms with Crippen molar-refractivity contribution in [3.8, 4) is 5.69 Å². The Morgan fingerprint density at radius 2 is 2.08 bits per heavy atom. The van der Waals surface area contributed by atoms with Gasteiger partial charge in [-0.05, 0) is 43.7 Å². The monoisotopic (exact) mass is 531 g/mol. The molecule has 5 rings (SSSR count).